The number of terminal acetylenes is 1. The summed E-state index contributed by atoms with van der Waals surface area (Å²) < 4.78 is 5.91. The molecule has 4 bridgehead atoms. The molecule has 20 heavy (non-hydrogen) atoms. The van der Waals surface area contributed by atoms with Crippen LogP contribution in [0, 0.1) is 30.1 Å². The number of methoxy groups -OCH3 is 1. The van der Waals surface area contributed by atoms with Gasteiger partial charge in [0.1, 0.15) is 5.60 Å². The third-order valence-electron chi connectivity index (χ3n) is 6.35. The Bertz CT molecular complexity index is 537. The summed E-state index contributed by atoms with van der Waals surface area (Å²) in [5.41, 5.74) is 1.62. The predicted molar refractivity (Wildman–Crippen MR) is 80.2 cm³/mol. The van der Waals surface area contributed by atoms with Crippen molar-refractivity contribution < 1.29 is 4.74 Å². The Morgan fingerprint density at radius 3 is 2.30 bits per heavy atom. The summed E-state index contributed by atoms with van der Waals surface area (Å²) in [6.45, 7) is 0. The molecular formula is C19H22O. The van der Waals surface area contributed by atoms with Gasteiger partial charge in [-0.05, 0) is 49.0 Å². The molecule has 1 heteroatoms. The molecule has 4 fully saturated rings. The first-order valence-electron chi connectivity index (χ1n) is 7.81. The van der Waals surface area contributed by atoms with E-state index in [1.54, 1.807) is 0 Å². The Labute approximate surface area is 121 Å². The largest absolute Gasteiger partial charge is 0.365 e. The van der Waals surface area contributed by atoms with Crippen molar-refractivity contribution in [2.45, 2.75) is 43.1 Å². The number of hydrogen-bond acceptors (Lipinski definition) is 1. The van der Waals surface area contributed by atoms with Gasteiger partial charge >= 0.3 is 0 Å². The molecule has 0 heterocycles. The summed E-state index contributed by atoms with van der Waals surface area (Å²) >= 11 is 0. The average Bonchev–Trinajstić information content (AvgIpc) is 2.49. The third-order valence-corrected chi connectivity index (χ3v) is 6.35. The highest BCUT2D eigenvalue weighted by molar-refractivity contribution is 5.34. The molecule has 0 aliphatic heterocycles. The fraction of sp³-hybridized carbons (Fsp3) is 0.579. The summed E-state index contributed by atoms with van der Waals surface area (Å²) in [6, 6.07) is 11.1. The monoisotopic (exact) mass is 266 g/mol. The van der Waals surface area contributed by atoms with Crippen LogP contribution in [0.5, 0.6) is 0 Å². The molecule has 4 aliphatic rings. The lowest BCUT2D eigenvalue weighted by atomic mass is 9.43. The van der Waals surface area contributed by atoms with Gasteiger partial charge in [-0.15, -0.1) is 6.42 Å². The number of benzene rings is 1. The van der Waals surface area contributed by atoms with Crippen LogP contribution in [0.2, 0.25) is 0 Å². The Hall–Kier alpha value is -1.26. The van der Waals surface area contributed by atoms with Crippen molar-refractivity contribution in [1.29, 1.82) is 0 Å². The van der Waals surface area contributed by atoms with E-state index in [0.29, 0.717) is 17.3 Å². The van der Waals surface area contributed by atoms with Crippen LogP contribution in [0.1, 0.15) is 37.7 Å². The molecule has 4 aliphatic carbocycles. The SMILES string of the molecule is C#CC1(OC)C2CC3CC1CC(c1ccccc1)(C3)C2. The van der Waals surface area contributed by atoms with E-state index in [9.17, 15) is 0 Å². The standard InChI is InChI=1S/C19H22O/c1-3-19(20-2)16-9-14-10-17(19)13-18(11-14,12-16)15-7-5-4-6-8-15/h1,4-8,14,16-17H,9-13H2,2H3. The molecule has 0 N–H and O–H groups in total. The highest BCUT2D eigenvalue weighted by atomic mass is 16.5. The number of rotatable bonds is 2. The van der Waals surface area contributed by atoms with E-state index in [1.807, 2.05) is 7.11 Å². The lowest BCUT2D eigenvalue weighted by molar-refractivity contribution is -0.164. The van der Waals surface area contributed by atoms with E-state index < -0.39 is 0 Å². The van der Waals surface area contributed by atoms with Gasteiger partial charge in [-0.1, -0.05) is 36.3 Å². The van der Waals surface area contributed by atoms with Crippen molar-refractivity contribution in [3.8, 4) is 12.3 Å². The van der Waals surface area contributed by atoms with Crippen molar-refractivity contribution in [2.24, 2.45) is 17.8 Å². The first-order valence-corrected chi connectivity index (χ1v) is 7.81. The molecule has 2 unspecified atom stereocenters. The molecule has 1 aromatic rings. The molecule has 4 saturated carbocycles. The van der Waals surface area contributed by atoms with Crippen molar-refractivity contribution in [2.75, 3.05) is 7.11 Å². The Morgan fingerprint density at radius 1 is 1.10 bits per heavy atom. The van der Waals surface area contributed by atoms with Gasteiger partial charge in [-0.25, -0.2) is 0 Å². The minimum atomic E-state index is -0.283. The molecule has 2 atom stereocenters. The van der Waals surface area contributed by atoms with Gasteiger partial charge in [0, 0.05) is 18.9 Å². The van der Waals surface area contributed by atoms with Gasteiger partial charge in [-0.2, -0.15) is 0 Å². The minimum absolute atomic E-state index is 0.283. The fourth-order valence-electron chi connectivity index (χ4n) is 5.74. The molecule has 0 radical (unpaired) electrons. The topological polar surface area (TPSA) is 9.23 Å². The highest BCUT2D eigenvalue weighted by Crippen LogP contribution is 2.64. The van der Waals surface area contributed by atoms with E-state index in [4.69, 9.17) is 11.2 Å². The third kappa shape index (κ3) is 1.44. The van der Waals surface area contributed by atoms with Crippen LogP contribution < -0.4 is 0 Å². The molecule has 104 valence electrons. The minimum Gasteiger partial charge on any atom is -0.365 e. The van der Waals surface area contributed by atoms with Crippen molar-refractivity contribution in [3.63, 3.8) is 0 Å². The smallest absolute Gasteiger partial charge is 0.133 e. The van der Waals surface area contributed by atoms with Gasteiger partial charge in [-0.3, -0.25) is 0 Å². The second-order valence-electron chi connectivity index (χ2n) is 7.13. The molecule has 0 spiro atoms. The molecular weight excluding hydrogens is 244 g/mol. The van der Waals surface area contributed by atoms with Crippen LogP contribution in [0.25, 0.3) is 0 Å². The second-order valence-corrected chi connectivity index (χ2v) is 7.13. The maximum atomic E-state index is 5.91. The molecule has 1 aromatic carbocycles. The predicted octanol–water partition coefficient (Wildman–Crippen LogP) is 3.78. The maximum Gasteiger partial charge on any atom is 0.133 e. The van der Waals surface area contributed by atoms with Crippen molar-refractivity contribution in [3.05, 3.63) is 35.9 Å². The summed E-state index contributed by atoms with van der Waals surface area (Å²) in [6.07, 6.45) is 12.2. The van der Waals surface area contributed by atoms with Crippen LogP contribution >= 0.6 is 0 Å². The van der Waals surface area contributed by atoms with Crippen LogP contribution in [0.4, 0.5) is 0 Å². The van der Waals surface area contributed by atoms with E-state index in [1.165, 1.54) is 37.7 Å². The van der Waals surface area contributed by atoms with Crippen LogP contribution in [0.15, 0.2) is 30.3 Å². The summed E-state index contributed by atoms with van der Waals surface area (Å²) in [5, 5.41) is 0. The van der Waals surface area contributed by atoms with Crippen LogP contribution in [0.3, 0.4) is 0 Å². The summed E-state index contributed by atoms with van der Waals surface area (Å²) in [7, 11) is 1.82. The summed E-state index contributed by atoms with van der Waals surface area (Å²) in [4.78, 5) is 0. The van der Waals surface area contributed by atoms with Crippen LogP contribution in [-0.2, 0) is 10.2 Å². The van der Waals surface area contributed by atoms with E-state index >= 15 is 0 Å². The molecule has 0 amide bonds. The first-order chi connectivity index (χ1) is 9.72. The zero-order valence-corrected chi connectivity index (χ0v) is 12.1. The van der Waals surface area contributed by atoms with Gasteiger partial charge < -0.3 is 4.74 Å². The average molecular weight is 266 g/mol. The fourth-order valence-corrected chi connectivity index (χ4v) is 5.74. The molecule has 5 rings (SSSR count). The van der Waals surface area contributed by atoms with Gasteiger partial charge in [0.2, 0.25) is 0 Å². The van der Waals surface area contributed by atoms with E-state index in [2.05, 4.69) is 36.3 Å². The molecule has 0 saturated heterocycles. The zero-order valence-electron chi connectivity index (χ0n) is 12.1. The molecule has 0 aromatic heterocycles. The zero-order chi connectivity index (χ0) is 13.8. The Balaban J connectivity index is 1.77. The number of hydrogen-bond donors (Lipinski definition) is 0. The summed E-state index contributed by atoms with van der Waals surface area (Å²) in [5.74, 6) is 5.00. The first kappa shape index (κ1) is 12.5. The highest BCUT2D eigenvalue weighted by Gasteiger charge is 2.62. The Morgan fingerprint density at radius 2 is 1.75 bits per heavy atom. The number of ether oxygens (including phenoxy) is 1. The molecule has 1 nitrogen and oxygen atoms in total. The normalized spacial score (nSPS) is 45.3. The second kappa shape index (κ2) is 4.12. The maximum absolute atomic E-state index is 5.91. The lowest BCUT2D eigenvalue weighted by Gasteiger charge is -2.63. The van der Waals surface area contributed by atoms with Gasteiger partial charge in [0.25, 0.3) is 0 Å². The van der Waals surface area contributed by atoms with E-state index in [-0.39, 0.29) is 5.60 Å². The van der Waals surface area contributed by atoms with Gasteiger partial charge in [0.15, 0.2) is 0 Å². The lowest BCUT2D eigenvalue weighted by Crippen LogP contribution is -2.62. The quantitative estimate of drug-likeness (QED) is 0.740. The van der Waals surface area contributed by atoms with Crippen molar-refractivity contribution >= 4 is 0 Å². The Kier molecular flexibility index (Phi) is 2.57. The van der Waals surface area contributed by atoms with Crippen molar-refractivity contribution in [1.82, 2.24) is 0 Å². The van der Waals surface area contributed by atoms with Crippen LogP contribution in [-0.4, -0.2) is 12.7 Å². The van der Waals surface area contributed by atoms with E-state index in [0.717, 1.165) is 5.92 Å². The van der Waals surface area contributed by atoms with Gasteiger partial charge in [0.05, 0.1) is 0 Å².